The van der Waals surface area contributed by atoms with Gasteiger partial charge in [-0.3, -0.25) is 0 Å². The number of nitriles is 1. The molecular formula is C17H14N2O. The van der Waals surface area contributed by atoms with Crippen molar-refractivity contribution in [2.75, 3.05) is 0 Å². The van der Waals surface area contributed by atoms with Gasteiger partial charge in [0, 0.05) is 5.56 Å². The summed E-state index contributed by atoms with van der Waals surface area (Å²) in [6, 6.07) is 19.8. The highest BCUT2D eigenvalue weighted by molar-refractivity contribution is 5.60. The Kier molecular flexibility index (Phi) is 2.73. The highest BCUT2D eigenvalue weighted by atomic mass is 16.5. The van der Waals surface area contributed by atoms with Crippen LogP contribution in [0.5, 0.6) is 5.75 Å². The van der Waals surface area contributed by atoms with Crippen LogP contribution in [0, 0.1) is 11.3 Å². The summed E-state index contributed by atoms with van der Waals surface area (Å²) in [4.78, 5) is 0. The molecule has 0 bridgehead atoms. The van der Waals surface area contributed by atoms with Gasteiger partial charge in [0.05, 0.1) is 5.41 Å². The predicted octanol–water partition coefficient (Wildman–Crippen LogP) is 3.08. The van der Waals surface area contributed by atoms with Crippen molar-refractivity contribution in [2.45, 2.75) is 12.3 Å². The monoisotopic (exact) mass is 262 g/mol. The summed E-state index contributed by atoms with van der Waals surface area (Å²) in [7, 11) is 0. The van der Waals surface area contributed by atoms with E-state index < -0.39 is 5.41 Å². The quantitative estimate of drug-likeness (QED) is 0.859. The van der Waals surface area contributed by atoms with Crippen molar-refractivity contribution in [1.82, 2.24) is 0 Å². The molecular weight excluding hydrogens is 248 g/mol. The second-order valence-corrected chi connectivity index (χ2v) is 4.94. The molecule has 2 aromatic carbocycles. The SMILES string of the molecule is CC1(c2ccccc2)C(C#N)=C(N)Oc2ccccc21. The van der Waals surface area contributed by atoms with Crippen LogP contribution < -0.4 is 10.5 Å². The molecule has 20 heavy (non-hydrogen) atoms. The molecule has 1 aliphatic heterocycles. The Hall–Kier alpha value is -2.73. The first-order valence-corrected chi connectivity index (χ1v) is 6.41. The van der Waals surface area contributed by atoms with E-state index in [9.17, 15) is 5.26 Å². The van der Waals surface area contributed by atoms with Crippen LogP contribution in [0.4, 0.5) is 0 Å². The van der Waals surface area contributed by atoms with Crippen LogP contribution in [0.25, 0.3) is 0 Å². The minimum atomic E-state index is -0.588. The first kappa shape index (κ1) is 12.3. The number of hydrogen-bond acceptors (Lipinski definition) is 3. The molecule has 3 heteroatoms. The van der Waals surface area contributed by atoms with Gasteiger partial charge in [-0.05, 0) is 18.6 Å². The van der Waals surface area contributed by atoms with E-state index in [-0.39, 0.29) is 5.88 Å². The lowest BCUT2D eigenvalue weighted by Gasteiger charge is -2.35. The number of para-hydroxylation sites is 1. The third kappa shape index (κ3) is 1.59. The lowest BCUT2D eigenvalue weighted by molar-refractivity contribution is 0.374. The fourth-order valence-electron chi connectivity index (χ4n) is 2.76. The van der Waals surface area contributed by atoms with Gasteiger partial charge in [-0.2, -0.15) is 5.26 Å². The Balaban J connectivity index is 2.34. The average molecular weight is 262 g/mol. The smallest absolute Gasteiger partial charge is 0.205 e. The van der Waals surface area contributed by atoms with Crippen molar-refractivity contribution in [3.63, 3.8) is 0 Å². The molecule has 0 amide bonds. The van der Waals surface area contributed by atoms with E-state index in [1.807, 2.05) is 61.5 Å². The summed E-state index contributed by atoms with van der Waals surface area (Å²) in [5, 5.41) is 9.52. The van der Waals surface area contributed by atoms with Crippen molar-refractivity contribution < 1.29 is 4.74 Å². The fraction of sp³-hybridized carbons (Fsp3) is 0.118. The van der Waals surface area contributed by atoms with Crippen molar-refractivity contribution in [1.29, 1.82) is 5.26 Å². The van der Waals surface area contributed by atoms with Crippen molar-refractivity contribution in [3.8, 4) is 11.8 Å². The summed E-state index contributed by atoms with van der Waals surface area (Å²) >= 11 is 0. The predicted molar refractivity (Wildman–Crippen MR) is 76.8 cm³/mol. The number of allylic oxidation sites excluding steroid dienone is 1. The second-order valence-electron chi connectivity index (χ2n) is 4.94. The highest BCUT2D eigenvalue weighted by Gasteiger charge is 2.41. The molecule has 0 aromatic heterocycles. The zero-order valence-corrected chi connectivity index (χ0v) is 11.1. The minimum Gasteiger partial charge on any atom is -0.440 e. The molecule has 0 radical (unpaired) electrons. The van der Waals surface area contributed by atoms with Crippen LogP contribution in [0.1, 0.15) is 18.1 Å². The van der Waals surface area contributed by atoms with E-state index in [2.05, 4.69) is 6.07 Å². The average Bonchev–Trinajstić information content (AvgIpc) is 2.48. The zero-order chi connectivity index (χ0) is 14.2. The molecule has 1 aliphatic rings. The second kappa shape index (κ2) is 4.43. The van der Waals surface area contributed by atoms with Crippen LogP contribution in [-0.4, -0.2) is 0 Å². The minimum absolute atomic E-state index is 0.178. The third-order valence-electron chi connectivity index (χ3n) is 3.85. The lowest BCUT2D eigenvalue weighted by atomic mass is 9.70. The number of nitrogens with zero attached hydrogens (tertiary/aromatic N) is 1. The van der Waals surface area contributed by atoms with Gasteiger partial charge in [-0.1, -0.05) is 48.5 Å². The van der Waals surface area contributed by atoms with Crippen LogP contribution in [0.3, 0.4) is 0 Å². The summed E-state index contributed by atoms with van der Waals surface area (Å²) in [5.41, 5.74) is 7.79. The third-order valence-corrected chi connectivity index (χ3v) is 3.85. The number of benzene rings is 2. The van der Waals surface area contributed by atoms with Crippen molar-refractivity contribution >= 4 is 0 Å². The van der Waals surface area contributed by atoms with E-state index in [1.54, 1.807) is 0 Å². The molecule has 2 N–H and O–H groups in total. The van der Waals surface area contributed by atoms with E-state index in [0.29, 0.717) is 11.3 Å². The molecule has 3 nitrogen and oxygen atoms in total. The molecule has 0 saturated heterocycles. The maximum absolute atomic E-state index is 9.52. The van der Waals surface area contributed by atoms with Gasteiger partial charge in [0.1, 0.15) is 17.4 Å². The van der Waals surface area contributed by atoms with E-state index >= 15 is 0 Å². The molecule has 0 fully saturated rings. The Morgan fingerprint density at radius 3 is 2.40 bits per heavy atom. The molecule has 0 saturated carbocycles. The largest absolute Gasteiger partial charge is 0.440 e. The molecule has 98 valence electrons. The Morgan fingerprint density at radius 2 is 1.70 bits per heavy atom. The molecule has 1 atom stereocenters. The van der Waals surface area contributed by atoms with E-state index in [1.165, 1.54) is 0 Å². The summed E-state index contributed by atoms with van der Waals surface area (Å²) in [5.74, 6) is 0.882. The Morgan fingerprint density at radius 1 is 1.05 bits per heavy atom. The van der Waals surface area contributed by atoms with Crippen LogP contribution in [0.2, 0.25) is 0 Å². The summed E-state index contributed by atoms with van der Waals surface area (Å²) < 4.78 is 5.59. The maximum Gasteiger partial charge on any atom is 0.205 e. The molecule has 0 spiro atoms. The van der Waals surface area contributed by atoms with E-state index in [4.69, 9.17) is 10.5 Å². The van der Waals surface area contributed by atoms with E-state index in [0.717, 1.165) is 11.1 Å². The normalized spacial score (nSPS) is 20.8. The van der Waals surface area contributed by atoms with Crippen LogP contribution >= 0.6 is 0 Å². The zero-order valence-electron chi connectivity index (χ0n) is 11.1. The molecule has 2 aromatic rings. The number of rotatable bonds is 1. The highest BCUT2D eigenvalue weighted by Crippen LogP contribution is 2.46. The molecule has 0 aliphatic carbocycles. The summed E-state index contributed by atoms with van der Waals surface area (Å²) in [6.45, 7) is 2.01. The van der Waals surface area contributed by atoms with Crippen LogP contribution in [-0.2, 0) is 5.41 Å². The van der Waals surface area contributed by atoms with Gasteiger partial charge < -0.3 is 10.5 Å². The number of hydrogen-bond donors (Lipinski definition) is 1. The first-order valence-electron chi connectivity index (χ1n) is 6.41. The standard InChI is InChI=1S/C17H14N2O/c1-17(12-7-3-2-4-8-12)13-9-5-6-10-15(13)20-16(19)14(17)11-18/h2-10H,19H2,1H3. The van der Waals surface area contributed by atoms with Crippen molar-refractivity contribution in [2.24, 2.45) is 5.73 Å². The first-order chi connectivity index (χ1) is 9.67. The molecule has 1 unspecified atom stereocenters. The maximum atomic E-state index is 9.52. The Bertz CT molecular complexity index is 728. The van der Waals surface area contributed by atoms with Crippen LogP contribution in [0.15, 0.2) is 66.1 Å². The molecule has 1 heterocycles. The van der Waals surface area contributed by atoms with Crippen molar-refractivity contribution in [3.05, 3.63) is 77.2 Å². The van der Waals surface area contributed by atoms with Gasteiger partial charge in [0.2, 0.25) is 5.88 Å². The topological polar surface area (TPSA) is 59.0 Å². The van der Waals surface area contributed by atoms with Gasteiger partial charge in [-0.25, -0.2) is 0 Å². The molecule has 3 rings (SSSR count). The van der Waals surface area contributed by atoms with Gasteiger partial charge >= 0.3 is 0 Å². The lowest BCUT2D eigenvalue weighted by Crippen LogP contribution is -2.34. The van der Waals surface area contributed by atoms with Gasteiger partial charge in [0.15, 0.2) is 0 Å². The number of ether oxygens (including phenoxy) is 1. The van der Waals surface area contributed by atoms with Gasteiger partial charge in [0.25, 0.3) is 0 Å². The summed E-state index contributed by atoms with van der Waals surface area (Å²) in [6.07, 6.45) is 0. The Labute approximate surface area is 117 Å². The fourth-order valence-corrected chi connectivity index (χ4v) is 2.76. The number of nitrogens with two attached hydrogens (primary N) is 1. The van der Waals surface area contributed by atoms with Gasteiger partial charge in [-0.15, -0.1) is 0 Å². The number of fused-ring (bicyclic) bond motifs is 1.